The molecule has 0 fully saturated rings. The second kappa shape index (κ2) is 6.47. The summed E-state index contributed by atoms with van der Waals surface area (Å²) in [4.78, 5) is 0. The lowest BCUT2D eigenvalue weighted by Gasteiger charge is -2.06. The van der Waals surface area contributed by atoms with Crippen molar-refractivity contribution in [1.29, 1.82) is 0 Å². The number of allylic oxidation sites excluding steroid dienone is 2. The van der Waals surface area contributed by atoms with E-state index in [0.717, 1.165) is 28.9 Å². The van der Waals surface area contributed by atoms with Gasteiger partial charge in [-0.05, 0) is 23.6 Å². The molecule has 94 valence electrons. The fraction of sp³-hybridized carbons (Fsp3) is 0.111. The molecule has 1 nitrogen and oxygen atoms in total. The van der Waals surface area contributed by atoms with Crippen LogP contribution < -0.4 is 4.74 Å². The molecule has 1 heteroatoms. The van der Waals surface area contributed by atoms with Gasteiger partial charge in [-0.2, -0.15) is 0 Å². The quantitative estimate of drug-likeness (QED) is 0.744. The van der Waals surface area contributed by atoms with Crippen molar-refractivity contribution in [3.63, 3.8) is 0 Å². The molecule has 0 amide bonds. The van der Waals surface area contributed by atoms with Crippen LogP contribution in [0, 0.1) is 12.3 Å². The van der Waals surface area contributed by atoms with Crippen molar-refractivity contribution in [1.82, 2.24) is 0 Å². The molecule has 0 aromatic heterocycles. The summed E-state index contributed by atoms with van der Waals surface area (Å²) in [7, 11) is 1.68. The van der Waals surface area contributed by atoms with Crippen LogP contribution in [0.4, 0.5) is 0 Å². The van der Waals surface area contributed by atoms with E-state index in [-0.39, 0.29) is 0 Å². The molecule has 2 rings (SSSR count). The summed E-state index contributed by atoms with van der Waals surface area (Å²) in [6, 6.07) is 18.0. The zero-order chi connectivity index (χ0) is 13.5. The summed E-state index contributed by atoms with van der Waals surface area (Å²) in [6.07, 6.45) is 8.41. The van der Waals surface area contributed by atoms with Crippen LogP contribution in [0.25, 0.3) is 5.57 Å². The van der Waals surface area contributed by atoms with E-state index in [9.17, 15) is 0 Å². The lowest BCUT2D eigenvalue weighted by atomic mass is 10.0. The van der Waals surface area contributed by atoms with E-state index in [0.29, 0.717) is 0 Å². The molecule has 0 N–H and O–H groups in total. The number of terminal acetylenes is 1. The third-order valence-corrected chi connectivity index (χ3v) is 2.96. The van der Waals surface area contributed by atoms with Crippen LogP contribution in [-0.2, 0) is 6.42 Å². The van der Waals surface area contributed by atoms with E-state index in [4.69, 9.17) is 11.2 Å². The SMILES string of the molecule is C#C/C(=C/Cc1ccccc1OC)c1ccccc1. The summed E-state index contributed by atoms with van der Waals surface area (Å²) in [5.41, 5.74) is 3.11. The van der Waals surface area contributed by atoms with Gasteiger partial charge in [0.15, 0.2) is 0 Å². The fourth-order valence-corrected chi connectivity index (χ4v) is 1.96. The summed E-state index contributed by atoms with van der Waals surface area (Å²) < 4.78 is 5.34. The highest BCUT2D eigenvalue weighted by molar-refractivity contribution is 5.78. The molecule has 2 aromatic rings. The minimum absolute atomic E-state index is 0.762. The van der Waals surface area contributed by atoms with Crippen molar-refractivity contribution in [2.45, 2.75) is 6.42 Å². The van der Waals surface area contributed by atoms with Crippen LogP contribution in [0.2, 0.25) is 0 Å². The van der Waals surface area contributed by atoms with Crippen LogP contribution in [0.5, 0.6) is 5.75 Å². The molecule has 0 aliphatic heterocycles. The maximum absolute atomic E-state index is 5.59. The van der Waals surface area contributed by atoms with Gasteiger partial charge in [-0.3, -0.25) is 0 Å². The molecule has 0 radical (unpaired) electrons. The minimum atomic E-state index is 0.762. The molecule has 0 bridgehead atoms. The van der Waals surface area contributed by atoms with Crippen LogP contribution in [0.15, 0.2) is 60.7 Å². The molecule has 0 saturated heterocycles. The molecule has 0 aliphatic carbocycles. The van der Waals surface area contributed by atoms with Crippen molar-refractivity contribution in [2.75, 3.05) is 7.11 Å². The third kappa shape index (κ3) is 3.26. The smallest absolute Gasteiger partial charge is 0.122 e. The van der Waals surface area contributed by atoms with Crippen molar-refractivity contribution >= 4 is 5.57 Å². The van der Waals surface area contributed by atoms with Gasteiger partial charge < -0.3 is 4.74 Å². The first kappa shape index (κ1) is 13.0. The maximum atomic E-state index is 5.59. The average Bonchev–Trinajstić information content (AvgIpc) is 2.49. The first-order chi connectivity index (χ1) is 9.35. The van der Waals surface area contributed by atoms with Crippen LogP contribution >= 0.6 is 0 Å². The van der Waals surface area contributed by atoms with E-state index < -0.39 is 0 Å². The van der Waals surface area contributed by atoms with Gasteiger partial charge in [-0.15, -0.1) is 6.42 Å². The Kier molecular flexibility index (Phi) is 4.42. The molecule has 0 unspecified atom stereocenters. The number of benzene rings is 2. The number of para-hydroxylation sites is 1. The lowest BCUT2D eigenvalue weighted by molar-refractivity contribution is 0.410. The van der Waals surface area contributed by atoms with Gasteiger partial charge in [-0.1, -0.05) is 60.5 Å². The Labute approximate surface area is 114 Å². The Morgan fingerprint density at radius 2 is 1.79 bits per heavy atom. The summed E-state index contributed by atoms with van der Waals surface area (Å²) in [5, 5.41) is 0. The predicted octanol–water partition coefficient (Wildman–Crippen LogP) is 3.95. The minimum Gasteiger partial charge on any atom is -0.496 e. The first-order valence-corrected chi connectivity index (χ1v) is 6.19. The molecule has 0 heterocycles. The van der Waals surface area contributed by atoms with E-state index in [1.165, 1.54) is 0 Å². The summed E-state index contributed by atoms with van der Waals surface area (Å²) in [5.74, 6) is 3.64. The summed E-state index contributed by atoms with van der Waals surface area (Å²) in [6.45, 7) is 0. The van der Waals surface area contributed by atoms with Crippen molar-refractivity contribution in [3.8, 4) is 18.1 Å². The topological polar surface area (TPSA) is 9.23 Å². The van der Waals surface area contributed by atoms with Gasteiger partial charge in [0.1, 0.15) is 5.75 Å². The van der Waals surface area contributed by atoms with Crippen LogP contribution in [0.1, 0.15) is 11.1 Å². The highest BCUT2D eigenvalue weighted by Crippen LogP contribution is 2.20. The Balaban J connectivity index is 2.24. The molecule has 2 aromatic carbocycles. The maximum Gasteiger partial charge on any atom is 0.122 e. The van der Waals surface area contributed by atoms with Crippen LogP contribution in [-0.4, -0.2) is 7.11 Å². The van der Waals surface area contributed by atoms with Crippen molar-refractivity contribution in [2.24, 2.45) is 0 Å². The van der Waals surface area contributed by atoms with E-state index in [1.54, 1.807) is 7.11 Å². The highest BCUT2D eigenvalue weighted by Gasteiger charge is 2.01. The first-order valence-electron chi connectivity index (χ1n) is 6.19. The molecular weight excluding hydrogens is 232 g/mol. The lowest BCUT2D eigenvalue weighted by Crippen LogP contribution is -1.91. The van der Waals surface area contributed by atoms with E-state index in [2.05, 4.69) is 18.1 Å². The normalized spacial score (nSPS) is 10.8. The Hall–Kier alpha value is -2.46. The number of hydrogen-bond donors (Lipinski definition) is 0. The van der Waals surface area contributed by atoms with Crippen molar-refractivity contribution in [3.05, 3.63) is 71.8 Å². The second-order valence-electron chi connectivity index (χ2n) is 4.14. The highest BCUT2D eigenvalue weighted by atomic mass is 16.5. The number of methoxy groups -OCH3 is 1. The molecular formula is C18H16O. The zero-order valence-electron chi connectivity index (χ0n) is 11.0. The average molecular weight is 248 g/mol. The Morgan fingerprint density at radius 3 is 2.47 bits per heavy atom. The molecule has 0 spiro atoms. The molecule has 0 saturated carbocycles. The Morgan fingerprint density at radius 1 is 1.11 bits per heavy atom. The van der Waals surface area contributed by atoms with Crippen molar-refractivity contribution < 1.29 is 4.74 Å². The van der Waals surface area contributed by atoms with Gasteiger partial charge in [0.05, 0.1) is 7.11 Å². The Bertz CT molecular complexity index is 603. The molecule has 0 aliphatic rings. The monoisotopic (exact) mass is 248 g/mol. The van der Waals surface area contributed by atoms with E-state index >= 15 is 0 Å². The molecule has 19 heavy (non-hydrogen) atoms. The predicted molar refractivity (Wildman–Crippen MR) is 80.0 cm³/mol. The molecule has 0 atom stereocenters. The summed E-state index contributed by atoms with van der Waals surface area (Å²) >= 11 is 0. The van der Waals surface area contributed by atoms with Crippen LogP contribution in [0.3, 0.4) is 0 Å². The van der Waals surface area contributed by atoms with Gasteiger partial charge in [0, 0.05) is 5.57 Å². The van der Waals surface area contributed by atoms with E-state index in [1.807, 2.05) is 48.5 Å². The van der Waals surface area contributed by atoms with Gasteiger partial charge in [0.2, 0.25) is 0 Å². The third-order valence-electron chi connectivity index (χ3n) is 2.96. The van der Waals surface area contributed by atoms with Gasteiger partial charge >= 0.3 is 0 Å². The van der Waals surface area contributed by atoms with Gasteiger partial charge in [0.25, 0.3) is 0 Å². The number of rotatable bonds is 4. The number of ether oxygens (including phenoxy) is 1. The standard InChI is InChI=1S/C18H16O/c1-3-15(16-9-5-4-6-10-16)13-14-17-11-7-8-12-18(17)19-2/h1,4-13H,14H2,2H3/b15-13-. The largest absolute Gasteiger partial charge is 0.496 e. The fourth-order valence-electron chi connectivity index (χ4n) is 1.96. The zero-order valence-corrected chi connectivity index (χ0v) is 11.0. The number of hydrogen-bond acceptors (Lipinski definition) is 1. The van der Waals surface area contributed by atoms with Gasteiger partial charge in [-0.25, -0.2) is 0 Å². The second-order valence-corrected chi connectivity index (χ2v) is 4.14.